The molecule has 0 unspecified atom stereocenters. The van der Waals surface area contributed by atoms with Crippen molar-refractivity contribution in [2.24, 2.45) is 0 Å². The van der Waals surface area contributed by atoms with E-state index in [0.717, 1.165) is 21.3 Å². The molecule has 0 saturated carbocycles. The molecule has 2 heterocycles. The van der Waals surface area contributed by atoms with E-state index >= 15 is 0 Å². The van der Waals surface area contributed by atoms with E-state index in [1.807, 2.05) is 0 Å². The minimum absolute atomic E-state index is 0.0830. The number of carboxylic acid groups (broad SMARTS) is 2. The van der Waals surface area contributed by atoms with Crippen molar-refractivity contribution in [1.29, 1.82) is 0 Å². The molecule has 0 radical (unpaired) electrons. The Balaban J connectivity index is 2.24. The number of benzene rings is 1. The van der Waals surface area contributed by atoms with E-state index in [1.165, 1.54) is 0 Å². The number of aliphatic carboxylic acids is 2. The topological polar surface area (TPSA) is 153 Å². The Bertz CT molecular complexity index is 1100. The molecule has 26 heavy (non-hydrogen) atoms. The van der Waals surface area contributed by atoms with Crippen LogP contribution in [0, 0.1) is 0 Å². The Hall–Kier alpha value is -3.56. The first-order valence-electron chi connectivity index (χ1n) is 7.56. The van der Waals surface area contributed by atoms with Crippen LogP contribution in [0.5, 0.6) is 0 Å². The summed E-state index contributed by atoms with van der Waals surface area (Å²) in [4.78, 5) is 70.6. The van der Waals surface area contributed by atoms with Crippen molar-refractivity contribution in [3.05, 3.63) is 53.5 Å². The average Bonchev–Trinajstić information content (AvgIpc) is 2.95. The number of hydrogen-bond acceptors (Lipinski definition) is 6. The molecular weight excluding hydrogens is 348 g/mol. The summed E-state index contributed by atoms with van der Waals surface area (Å²) >= 11 is 0. The molecule has 0 amide bonds. The molecule has 10 heteroatoms. The number of nitrogens with zero attached hydrogens (tertiary/aromatic N) is 2. The standard InChI is InChI=1S/C16H12N2O8/c19-11(20)1-3-17-13(23)7-5-9-10(6-8(7)14(17)24)16(26)18(15(9)25)4-2-12(21)22/h5-6H,1-4H2,(H,19,20)(H,21,22). The second kappa shape index (κ2) is 6.06. The van der Waals surface area contributed by atoms with Crippen molar-refractivity contribution < 1.29 is 19.8 Å². The van der Waals surface area contributed by atoms with Crippen molar-refractivity contribution in [1.82, 2.24) is 9.13 Å². The molecule has 2 N–H and O–H groups in total. The van der Waals surface area contributed by atoms with Gasteiger partial charge in [-0.1, -0.05) is 0 Å². The molecule has 3 aromatic rings. The van der Waals surface area contributed by atoms with Gasteiger partial charge in [0.2, 0.25) is 0 Å². The van der Waals surface area contributed by atoms with E-state index in [9.17, 15) is 28.8 Å². The van der Waals surface area contributed by atoms with Gasteiger partial charge in [-0.3, -0.25) is 37.9 Å². The van der Waals surface area contributed by atoms with E-state index < -0.39 is 47.0 Å². The van der Waals surface area contributed by atoms with Crippen molar-refractivity contribution in [3.8, 4) is 0 Å². The van der Waals surface area contributed by atoms with Crippen molar-refractivity contribution in [3.63, 3.8) is 0 Å². The third-order valence-corrected chi connectivity index (χ3v) is 4.16. The largest absolute Gasteiger partial charge is 0.481 e. The third kappa shape index (κ3) is 2.61. The minimum Gasteiger partial charge on any atom is -0.481 e. The molecule has 0 atom stereocenters. The summed E-state index contributed by atoms with van der Waals surface area (Å²) in [5.41, 5.74) is -2.95. The number of hydrogen-bond donors (Lipinski definition) is 2. The summed E-state index contributed by atoms with van der Waals surface area (Å²) < 4.78 is 1.51. The predicted molar refractivity (Wildman–Crippen MR) is 89.4 cm³/mol. The van der Waals surface area contributed by atoms with Gasteiger partial charge in [-0.05, 0) is 12.1 Å². The molecule has 2 aromatic heterocycles. The number of carboxylic acids is 2. The summed E-state index contributed by atoms with van der Waals surface area (Å²) in [7, 11) is 0. The number of aromatic nitrogens is 2. The van der Waals surface area contributed by atoms with E-state index in [-0.39, 0.29) is 34.6 Å². The second-order valence-electron chi connectivity index (χ2n) is 5.75. The molecule has 10 nitrogen and oxygen atoms in total. The van der Waals surface area contributed by atoms with Crippen LogP contribution in [-0.2, 0) is 22.7 Å². The molecule has 134 valence electrons. The van der Waals surface area contributed by atoms with Gasteiger partial charge in [-0.25, -0.2) is 0 Å². The lowest BCUT2D eigenvalue weighted by Crippen LogP contribution is -2.27. The Morgan fingerprint density at radius 2 is 0.923 bits per heavy atom. The molecule has 1 aromatic carbocycles. The molecule has 0 spiro atoms. The molecule has 3 rings (SSSR count). The summed E-state index contributed by atoms with van der Waals surface area (Å²) in [6.07, 6.45) is -0.849. The van der Waals surface area contributed by atoms with Crippen molar-refractivity contribution in [2.75, 3.05) is 0 Å². The molecule has 0 aliphatic carbocycles. The quantitative estimate of drug-likeness (QED) is 0.559. The van der Waals surface area contributed by atoms with E-state index in [0.29, 0.717) is 0 Å². The number of carbonyl (C=O) groups is 2. The lowest BCUT2D eigenvalue weighted by Gasteiger charge is -1.95. The molecule has 0 saturated heterocycles. The fraction of sp³-hybridized carbons (Fsp3) is 0.250. The first-order valence-corrected chi connectivity index (χ1v) is 7.56. The Morgan fingerprint density at radius 1 is 0.654 bits per heavy atom. The maximum atomic E-state index is 12.3. The first-order chi connectivity index (χ1) is 12.2. The predicted octanol–water partition coefficient (Wildman–Crippen LogP) is -1.14. The van der Waals surface area contributed by atoms with Crippen LogP contribution in [0.4, 0.5) is 0 Å². The number of rotatable bonds is 6. The van der Waals surface area contributed by atoms with Crippen LogP contribution in [0.2, 0.25) is 0 Å². The summed E-state index contributed by atoms with van der Waals surface area (Å²) in [5, 5.41) is 17.1. The minimum atomic E-state index is -1.18. The zero-order valence-electron chi connectivity index (χ0n) is 13.2. The molecule has 0 bridgehead atoms. The van der Waals surface area contributed by atoms with Crippen LogP contribution in [0.15, 0.2) is 31.3 Å². The highest BCUT2D eigenvalue weighted by Crippen LogP contribution is 2.14. The van der Waals surface area contributed by atoms with Gasteiger partial charge in [-0.2, -0.15) is 0 Å². The van der Waals surface area contributed by atoms with E-state index in [1.54, 1.807) is 0 Å². The van der Waals surface area contributed by atoms with Crippen LogP contribution in [-0.4, -0.2) is 31.3 Å². The van der Waals surface area contributed by atoms with Crippen LogP contribution in [0.3, 0.4) is 0 Å². The highest BCUT2D eigenvalue weighted by molar-refractivity contribution is 5.97. The van der Waals surface area contributed by atoms with Gasteiger partial charge in [0.1, 0.15) is 0 Å². The molecule has 0 fully saturated rings. The fourth-order valence-corrected chi connectivity index (χ4v) is 2.89. The number of fused-ring (bicyclic) bond motifs is 2. The van der Waals surface area contributed by atoms with E-state index in [4.69, 9.17) is 10.2 Å². The SMILES string of the molecule is O=C(O)CCn1c(=O)c2cc3c(=O)n(CCC(=O)O)c(=O)c3cc2c1=O. The smallest absolute Gasteiger partial charge is 0.305 e. The summed E-state index contributed by atoms with van der Waals surface area (Å²) in [6.45, 7) is -0.641. The molecule has 0 aliphatic rings. The fourth-order valence-electron chi connectivity index (χ4n) is 2.89. The maximum absolute atomic E-state index is 12.3. The Labute approximate surface area is 142 Å². The molecule has 0 aliphatic heterocycles. The lowest BCUT2D eigenvalue weighted by atomic mass is 10.1. The van der Waals surface area contributed by atoms with Gasteiger partial charge in [0.05, 0.1) is 34.4 Å². The highest BCUT2D eigenvalue weighted by Gasteiger charge is 2.19. The maximum Gasteiger partial charge on any atom is 0.305 e. The molecular formula is C16H12N2O8. The van der Waals surface area contributed by atoms with Gasteiger partial charge in [-0.15, -0.1) is 0 Å². The van der Waals surface area contributed by atoms with Gasteiger partial charge in [0.15, 0.2) is 0 Å². The van der Waals surface area contributed by atoms with Gasteiger partial charge >= 0.3 is 11.9 Å². The van der Waals surface area contributed by atoms with Gasteiger partial charge in [0, 0.05) is 13.1 Å². The average molecular weight is 360 g/mol. The lowest BCUT2D eigenvalue weighted by molar-refractivity contribution is -0.138. The van der Waals surface area contributed by atoms with Crippen LogP contribution >= 0.6 is 0 Å². The first kappa shape index (κ1) is 17.3. The Morgan fingerprint density at radius 3 is 1.15 bits per heavy atom. The van der Waals surface area contributed by atoms with Gasteiger partial charge < -0.3 is 10.2 Å². The van der Waals surface area contributed by atoms with Crippen LogP contribution in [0.1, 0.15) is 12.8 Å². The van der Waals surface area contributed by atoms with Crippen molar-refractivity contribution >= 4 is 33.5 Å². The summed E-state index contributed by atoms with van der Waals surface area (Å²) in [5.74, 6) is -2.35. The van der Waals surface area contributed by atoms with Crippen LogP contribution in [0.25, 0.3) is 21.5 Å². The monoisotopic (exact) mass is 360 g/mol. The Kier molecular flexibility index (Phi) is 4.03. The van der Waals surface area contributed by atoms with Crippen molar-refractivity contribution in [2.45, 2.75) is 25.9 Å². The third-order valence-electron chi connectivity index (χ3n) is 4.16. The van der Waals surface area contributed by atoms with E-state index in [2.05, 4.69) is 0 Å². The normalized spacial score (nSPS) is 11.4. The van der Waals surface area contributed by atoms with Gasteiger partial charge in [0.25, 0.3) is 22.2 Å². The highest BCUT2D eigenvalue weighted by atomic mass is 16.4. The zero-order valence-corrected chi connectivity index (χ0v) is 13.2. The summed E-state index contributed by atoms with van der Waals surface area (Å²) in [6, 6.07) is 2.26. The van der Waals surface area contributed by atoms with Crippen LogP contribution < -0.4 is 22.2 Å². The zero-order chi connectivity index (χ0) is 19.2. The second-order valence-corrected chi connectivity index (χ2v) is 5.75.